The van der Waals surface area contributed by atoms with Gasteiger partial charge in [0.1, 0.15) is 23.6 Å². The van der Waals surface area contributed by atoms with Crippen molar-refractivity contribution in [2.24, 2.45) is 7.05 Å². The van der Waals surface area contributed by atoms with E-state index in [0.717, 1.165) is 28.1 Å². The van der Waals surface area contributed by atoms with Crippen LogP contribution in [0.3, 0.4) is 0 Å². The molecule has 0 aliphatic heterocycles. The molecule has 0 aliphatic carbocycles. The van der Waals surface area contributed by atoms with E-state index in [1.54, 1.807) is 6.33 Å². The highest BCUT2D eigenvalue weighted by Gasteiger charge is 2.22. The molecule has 7 heteroatoms. The zero-order valence-corrected chi connectivity index (χ0v) is 12.9. The predicted octanol–water partition coefficient (Wildman–Crippen LogP) is 1.68. The van der Waals surface area contributed by atoms with Gasteiger partial charge in [-0.3, -0.25) is 0 Å². The zero-order chi connectivity index (χ0) is 15.3. The molecule has 0 saturated heterocycles. The van der Waals surface area contributed by atoms with Crippen LogP contribution < -0.4 is 5.73 Å². The van der Waals surface area contributed by atoms with E-state index < -0.39 is 0 Å². The largest absolute Gasteiger partial charge is 0.383 e. The average Bonchev–Trinajstić information content (AvgIpc) is 2.92. The van der Waals surface area contributed by atoms with Gasteiger partial charge in [-0.05, 0) is 33.3 Å². The third-order valence-electron chi connectivity index (χ3n) is 4.04. The van der Waals surface area contributed by atoms with Crippen LogP contribution in [0.2, 0.25) is 0 Å². The van der Waals surface area contributed by atoms with Gasteiger partial charge in [0.15, 0.2) is 5.82 Å². The Morgan fingerprint density at radius 1 is 1.19 bits per heavy atom. The number of rotatable bonds is 2. The van der Waals surface area contributed by atoms with E-state index in [-0.39, 0.29) is 6.04 Å². The first-order valence-corrected chi connectivity index (χ1v) is 6.87. The molecular formula is C14H19N7. The summed E-state index contributed by atoms with van der Waals surface area (Å²) < 4.78 is 4.07. The van der Waals surface area contributed by atoms with Gasteiger partial charge in [0.25, 0.3) is 0 Å². The fourth-order valence-corrected chi connectivity index (χ4v) is 2.89. The van der Waals surface area contributed by atoms with Crippen LogP contribution in [0.4, 0.5) is 5.82 Å². The molecule has 0 radical (unpaired) electrons. The van der Waals surface area contributed by atoms with E-state index in [2.05, 4.69) is 38.6 Å². The summed E-state index contributed by atoms with van der Waals surface area (Å²) in [6.45, 7) is 8.06. The van der Waals surface area contributed by atoms with Crippen molar-refractivity contribution in [3.05, 3.63) is 29.2 Å². The molecule has 1 atom stereocenters. The van der Waals surface area contributed by atoms with Gasteiger partial charge in [-0.1, -0.05) is 0 Å². The molecule has 3 aromatic heterocycles. The Kier molecular flexibility index (Phi) is 2.93. The Labute approximate surface area is 122 Å². The third-order valence-corrected chi connectivity index (χ3v) is 4.04. The van der Waals surface area contributed by atoms with Crippen molar-refractivity contribution in [2.45, 2.75) is 33.7 Å². The molecule has 0 aliphatic rings. The molecule has 21 heavy (non-hydrogen) atoms. The van der Waals surface area contributed by atoms with E-state index in [0.29, 0.717) is 11.6 Å². The fourth-order valence-electron chi connectivity index (χ4n) is 2.89. The monoisotopic (exact) mass is 285 g/mol. The van der Waals surface area contributed by atoms with Gasteiger partial charge in [0.2, 0.25) is 0 Å². The molecule has 2 N–H and O–H groups in total. The first-order valence-electron chi connectivity index (χ1n) is 6.87. The Morgan fingerprint density at radius 2 is 1.90 bits per heavy atom. The Bertz CT molecular complexity index is 828. The maximum Gasteiger partial charge on any atom is 0.155 e. The molecule has 0 spiro atoms. The lowest BCUT2D eigenvalue weighted by atomic mass is 10.2. The van der Waals surface area contributed by atoms with E-state index in [9.17, 15) is 0 Å². The molecule has 0 amide bonds. The van der Waals surface area contributed by atoms with Crippen molar-refractivity contribution >= 4 is 16.9 Å². The minimum absolute atomic E-state index is 0.0161. The lowest BCUT2D eigenvalue weighted by Gasteiger charge is -2.16. The number of aromatic nitrogens is 6. The summed E-state index contributed by atoms with van der Waals surface area (Å²) in [6, 6.07) is 0.0161. The molecule has 110 valence electrons. The third kappa shape index (κ3) is 1.88. The summed E-state index contributed by atoms with van der Waals surface area (Å²) in [7, 11) is 1.94. The number of aryl methyl sites for hydroxylation is 3. The minimum atomic E-state index is 0.0161. The Hall–Kier alpha value is -2.44. The van der Waals surface area contributed by atoms with Crippen LogP contribution in [0.1, 0.15) is 35.9 Å². The number of hydrogen-bond donors (Lipinski definition) is 1. The van der Waals surface area contributed by atoms with Crippen LogP contribution >= 0.6 is 0 Å². The summed E-state index contributed by atoms with van der Waals surface area (Å²) in [5.41, 5.74) is 9.17. The lowest BCUT2D eigenvalue weighted by molar-refractivity contribution is 0.574. The standard InChI is InChI=1S/C14H19N7/c1-7-8(2)21(9(3)13-19-16-6-20(13)5)14-11(7)12(15)17-10(4)18-14/h6,9H,1-5H3,(H2,15,17,18). The van der Waals surface area contributed by atoms with Gasteiger partial charge in [-0.15, -0.1) is 10.2 Å². The number of anilines is 1. The second-order valence-electron chi connectivity index (χ2n) is 5.41. The van der Waals surface area contributed by atoms with Gasteiger partial charge < -0.3 is 14.9 Å². The molecule has 3 heterocycles. The number of fused-ring (bicyclic) bond motifs is 1. The first-order chi connectivity index (χ1) is 9.91. The highest BCUT2D eigenvalue weighted by Crippen LogP contribution is 2.31. The van der Waals surface area contributed by atoms with Crippen LogP contribution in [0.5, 0.6) is 0 Å². The molecule has 1 unspecified atom stereocenters. The van der Waals surface area contributed by atoms with E-state index >= 15 is 0 Å². The molecule has 3 rings (SSSR count). The number of hydrogen-bond acceptors (Lipinski definition) is 5. The first kappa shape index (κ1) is 13.5. The molecule has 0 saturated carbocycles. The summed E-state index contributed by atoms with van der Waals surface area (Å²) >= 11 is 0. The molecule has 0 fully saturated rings. The van der Waals surface area contributed by atoms with Gasteiger partial charge in [-0.2, -0.15) is 0 Å². The molecule has 3 aromatic rings. The Balaban J connectivity index is 2.33. The van der Waals surface area contributed by atoms with Crippen molar-refractivity contribution in [1.82, 2.24) is 29.3 Å². The Morgan fingerprint density at radius 3 is 2.52 bits per heavy atom. The molecule has 7 nitrogen and oxygen atoms in total. The summed E-state index contributed by atoms with van der Waals surface area (Å²) in [4.78, 5) is 8.87. The van der Waals surface area contributed by atoms with Gasteiger partial charge in [0, 0.05) is 12.7 Å². The highest BCUT2D eigenvalue weighted by atomic mass is 15.3. The van der Waals surface area contributed by atoms with E-state index in [1.165, 1.54) is 0 Å². The van der Waals surface area contributed by atoms with Crippen molar-refractivity contribution in [3.8, 4) is 0 Å². The smallest absolute Gasteiger partial charge is 0.155 e. The van der Waals surface area contributed by atoms with Crippen molar-refractivity contribution in [3.63, 3.8) is 0 Å². The van der Waals surface area contributed by atoms with Crippen LogP contribution in [0.25, 0.3) is 11.0 Å². The number of nitrogen functional groups attached to an aromatic ring is 1. The van der Waals surface area contributed by atoms with Crippen molar-refractivity contribution in [1.29, 1.82) is 0 Å². The zero-order valence-electron chi connectivity index (χ0n) is 12.9. The molecule has 0 aromatic carbocycles. The molecular weight excluding hydrogens is 266 g/mol. The van der Waals surface area contributed by atoms with Crippen molar-refractivity contribution < 1.29 is 0 Å². The normalized spacial score (nSPS) is 13.0. The fraction of sp³-hybridized carbons (Fsp3) is 0.429. The van der Waals surface area contributed by atoms with E-state index in [1.807, 2.05) is 25.5 Å². The minimum Gasteiger partial charge on any atom is -0.383 e. The van der Waals surface area contributed by atoms with Crippen LogP contribution in [0, 0.1) is 20.8 Å². The topological polar surface area (TPSA) is 87.4 Å². The van der Waals surface area contributed by atoms with Gasteiger partial charge >= 0.3 is 0 Å². The summed E-state index contributed by atoms with van der Waals surface area (Å²) in [5, 5.41) is 9.10. The predicted molar refractivity (Wildman–Crippen MR) is 81.0 cm³/mol. The number of nitrogens with two attached hydrogens (primary N) is 1. The van der Waals surface area contributed by atoms with E-state index in [4.69, 9.17) is 5.73 Å². The second kappa shape index (κ2) is 4.54. The van der Waals surface area contributed by atoms with Crippen LogP contribution in [-0.2, 0) is 7.05 Å². The highest BCUT2D eigenvalue weighted by molar-refractivity contribution is 5.91. The summed E-state index contributed by atoms with van der Waals surface area (Å²) in [5.74, 6) is 2.08. The maximum absolute atomic E-state index is 6.09. The molecule has 0 bridgehead atoms. The van der Waals surface area contributed by atoms with Crippen LogP contribution in [0.15, 0.2) is 6.33 Å². The van der Waals surface area contributed by atoms with Crippen LogP contribution in [-0.4, -0.2) is 29.3 Å². The van der Waals surface area contributed by atoms with Crippen molar-refractivity contribution in [2.75, 3.05) is 5.73 Å². The van der Waals surface area contributed by atoms with Gasteiger partial charge in [-0.25, -0.2) is 9.97 Å². The maximum atomic E-state index is 6.09. The average molecular weight is 285 g/mol. The second-order valence-corrected chi connectivity index (χ2v) is 5.41. The SMILES string of the molecule is Cc1nc(N)c2c(C)c(C)n(C(C)c3nncn3C)c2n1. The quantitative estimate of drug-likeness (QED) is 0.774. The van der Waals surface area contributed by atoms with Gasteiger partial charge in [0.05, 0.1) is 11.4 Å². The lowest BCUT2D eigenvalue weighted by Crippen LogP contribution is -2.14. The summed E-state index contributed by atoms with van der Waals surface area (Å²) in [6.07, 6.45) is 1.70. The number of nitrogens with zero attached hydrogens (tertiary/aromatic N) is 6.